The van der Waals surface area contributed by atoms with E-state index in [4.69, 9.17) is 46.4 Å². The number of halogens is 6. The van der Waals surface area contributed by atoms with Crippen LogP contribution in [0.25, 0.3) is 11.0 Å². The molecule has 0 amide bonds. The molecule has 0 atom stereocenters. The van der Waals surface area contributed by atoms with Crippen LogP contribution in [0.1, 0.15) is 0 Å². The van der Waals surface area contributed by atoms with Crippen molar-refractivity contribution in [2.24, 2.45) is 0 Å². The first-order valence-electron chi connectivity index (χ1n) is 3.78. The molecular formula is C8Br2Cl4N2. The zero-order valence-corrected chi connectivity index (χ0v) is 13.4. The van der Waals surface area contributed by atoms with Crippen LogP contribution >= 0.6 is 78.3 Å². The Hall–Kier alpha value is 0.680. The molecule has 16 heavy (non-hydrogen) atoms. The predicted octanol–water partition coefficient (Wildman–Crippen LogP) is 5.77. The fourth-order valence-corrected chi connectivity index (χ4v) is 2.55. The third-order valence-electron chi connectivity index (χ3n) is 1.81. The maximum Gasteiger partial charge on any atom is 0.139 e. The Morgan fingerprint density at radius 2 is 0.938 bits per heavy atom. The smallest absolute Gasteiger partial charge is 0.139 e. The summed E-state index contributed by atoms with van der Waals surface area (Å²) in [5.74, 6) is 0. The van der Waals surface area contributed by atoms with E-state index in [1.165, 1.54) is 0 Å². The average molecular weight is 426 g/mol. The second-order valence-corrected chi connectivity index (χ2v) is 5.77. The van der Waals surface area contributed by atoms with Gasteiger partial charge in [0.2, 0.25) is 0 Å². The van der Waals surface area contributed by atoms with Crippen molar-refractivity contribution < 1.29 is 0 Å². The average Bonchev–Trinajstić information content (AvgIpc) is 2.26. The molecule has 2 nitrogen and oxygen atoms in total. The summed E-state index contributed by atoms with van der Waals surface area (Å²) in [6.07, 6.45) is 0. The molecule has 0 fully saturated rings. The lowest BCUT2D eigenvalue weighted by Gasteiger charge is -2.07. The zero-order chi connectivity index (χ0) is 12.0. The van der Waals surface area contributed by atoms with E-state index in [0.29, 0.717) is 20.2 Å². The van der Waals surface area contributed by atoms with E-state index < -0.39 is 0 Å². The van der Waals surface area contributed by atoms with Gasteiger partial charge in [0.15, 0.2) is 0 Å². The molecule has 0 aliphatic carbocycles. The zero-order valence-electron chi connectivity index (χ0n) is 7.16. The Morgan fingerprint density at radius 3 is 1.25 bits per heavy atom. The van der Waals surface area contributed by atoms with Gasteiger partial charge in [0.25, 0.3) is 0 Å². The van der Waals surface area contributed by atoms with Gasteiger partial charge in [-0.15, -0.1) is 0 Å². The van der Waals surface area contributed by atoms with E-state index in [1.807, 2.05) is 0 Å². The lowest BCUT2D eigenvalue weighted by atomic mass is 10.3. The van der Waals surface area contributed by atoms with Crippen molar-refractivity contribution in [2.75, 3.05) is 0 Å². The van der Waals surface area contributed by atoms with E-state index in [1.54, 1.807) is 0 Å². The molecule has 1 aromatic carbocycles. The summed E-state index contributed by atoms with van der Waals surface area (Å²) in [5.41, 5.74) is 0.798. The first kappa shape index (κ1) is 13.1. The molecule has 84 valence electrons. The molecule has 0 radical (unpaired) electrons. The van der Waals surface area contributed by atoms with Crippen LogP contribution in [0, 0.1) is 0 Å². The largest absolute Gasteiger partial charge is 0.235 e. The lowest BCUT2D eigenvalue weighted by Crippen LogP contribution is -1.91. The summed E-state index contributed by atoms with van der Waals surface area (Å²) in [5, 5.41) is 0.798. The second kappa shape index (κ2) is 4.75. The standard InChI is InChI=1S/C8Br2Cl4N2/c9-7-8(10)16-6-4(14)2(12)1(11)3(13)5(6)15-7. The minimum atomic E-state index is 0.171. The highest BCUT2D eigenvalue weighted by atomic mass is 79.9. The monoisotopic (exact) mass is 422 g/mol. The van der Waals surface area contributed by atoms with E-state index in [-0.39, 0.29) is 20.1 Å². The van der Waals surface area contributed by atoms with Crippen LogP contribution in [0.2, 0.25) is 20.1 Å². The molecule has 0 saturated heterocycles. The van der Waals surface area contributed by atoms with E-state index in [0.717, 1.165) is 0 Å². The van der Waals surface area contributed by atoms with Gasteiger partial charge < -0.3 is 0 Å². The molecule has 0 saturated carbocycles. The molecule has 2 aromatic rings. The quantitative estimate of drug-likeness (QED) is 0.396. The Kier molecular flexibility index (Phi) is 3.89. The molecule has 1 aromatic heterocycles. The molecular weight excluding hydrogens is 426 g/mol. The highest BCUT2D eigenvalue weighted by Crippen LogP contribution is 2.42. The number of benzene rings is 1. The Morgan fingerprint density at radius 1 is 0.625 bits per heavy atom. The first-order valence-corrected chi connectivity index (χ1v) is 6.88. The molecule has 0 bridgehead atoms. The Bertz CT molecular complexity index is 550. The highest BCUT2D eigenvalue weighted by molar-refractivity contribution is 9.13. The van der Waals surface area contributed by atoms with Crippen molar-refractivity contribution in [3.63, 3.8) is 0 Å². The highest BCUT2D eigenvalue weighted by Gasteiger charge is 2.18. The van der Waals surface area contributed by atoms with E-state index >= 15 is 0 Å². The number of nitrogens with zero attached hydrogens (tertiary/aromatic N) is 2. The van der Waals surface area contributed by atoms with Gasteiger partial charge in [-0.1, -0.05) is 46.4 Å². The SMILES string of the molecule is Clc1c(Cl)c(Cl)c2nc(Br)c(Br)nc2c1Cl. The summed E-state index contributed by atoms with van der Waals surface area (Å²) >= 11 is 30.3. The number of fused-ring (bicyclic) bond motifs is 1. The van der Waals surface area contributed by atoms with Crippen molar-refractivity contribution in [1.82, 2.24) is 9.97 Å². The lowest BCUT2D eigenvalue weighted by molar-refractivity contribution is 1.21. The van der Waals surface area contributed by atoms with Crippen LogP contribution in [0.3, 0.4) is 0 Å². The minimum Gasteiger partial charge on any atom is -0.235 e. The van der Waals surface area contributed by atoms with Gasteiger partial charge in [-0.2, -0.15) is 0 Å². The Balaban J connectivity index is 3.02. The Labute approximate surface area is 128 Å². The second-order valence-electron chi connectivity index (χ2n) is 2.76. The van der Waals surface area contributed by atoms with Crippen LogP contribution in [0.5, 0.6) is 0 Å². The molecule has 8 heteroatoms. The van der Waals surface area contributed by atoms with Crippen molar-refractivity contribution >= 4 is 89.3 Å². The van der Waals surface area contributed by atoms with Crippen molar-refractivity contribution in [3.05, 3.63) is 29.3 Å². The maximum absolute atomic E-state index is 6.01. The molecule has 0 aliphatic rings. The predicted molar refractivity (Wildman–Crippen MR) is 75.0 cm³/mol. The van der Waals surface area contributed by atoms with Gasteiger partial charge >= 0.3 is 0 Å². The molecule has 0 spiro atoms. The van der Waals surface area contributed by atoms with E-state index in [2.05, 4.69) is 41.8 Å². The van der Waals surface area contributed by atoms with Crippen LogP contribution < -0.4 is 0 Å². The molecule has 2 rings (SSSR count). The number of hydrogen-bond acceptors (Lipinski definition) is 2. The van der Waals surface area contributed by atoms with Gasteiger partial charge in [-0.3, -0.25) is 0 Å². The van der Waals surface area contributed by atoms with Crippen LogP contribution in [-0.4, -0.2) is 9.97 Å². The van der Waals surface area contributed by atoms with Crippen LogP contribution in [-0.2, 0) is 0 Å². The molecule has 1 heterocycles. The van der Waals surface area contributed by atoms with Gasteiger partial charge in [-0.25, -0.2) is 9.97 Å². The fourth-order valence-electron chi connectivity index (χ4n) is 1.10. The van der Waals surface area contributed by atoms with Crippen LogP contribution in [0.4, 0.5) is 0 Å². The fraction of sp³-hybridized carbons (Fsp3) is 0. The summed E-state index contributed by atoms with van der Waals surface area (Å²) in [4.78, 5) is 8.37. The van der Waals surface area contributed by atoms with Gasteiger partial charge in [0, 0.05) is 0 Å². The number of rotatable bonds is 0. The van der Waals surface area contributed by atoms with E-state index in [9.17, 15) is 0 Å². The minimum absolute atomic E-state index is 0.171. The molecule has 0 unspecified atom stereocenters. The van der Waals surface area contributed by atoms with Gasteiger partial charge in [0.1, 0.15) is 20.2 Å². The van der Waals surface area contributed by atoms with Crippen molar-refractivity contribution in [3.8, 4) is 0 Å². The topological polar surface area (TPSA) is 25.8 Å². The normalized spacial score (nSPS) is 11.1. The molecule has 0 N–H and O–H groups in total. The first-order chi connectivity index (χ1) is 7.43. The van der Waals surface area contributed by atoms with Crippen LogP contribution in [0.15, 0.2) is 9.21 Å². The van der Waals surface area contributed by atoms with Crippen molar-refractivity contribution in [2.45, 2.75) is 0 Å². The number of hydrogen-bond donors (Lipinski definition) is 0. The summed E-state index contributed by atoms with van der Waals surface area (Å²) < 4.78 is 1.02. The third-order valence-corrected chi connectivity index (χ3v) is 5.23. The van der Waals surface area contributed by atoms with Crippen molar-refractivity contribution in [1.29, 1.82) is 0 Å². The van der Waals surface area contributed by atoms with Gasteiger partial charge in [-0.05, 0) is 31.9 Å². The third kappa shape index (κ3) is 2.04. The maximum atomic E-state index is 6.01. The number of aromatic nitrogens is 2. The van der Waals surface area contributed by atoms with Gasteiger partial charge in [0.05, 0.1) is 20.1 Å². The summed E-state index contributed by atoms with van der Waals surface area (Å²) in [6, 6.07) is 0. The molecule has 0 aliphatic heterocycles. The summed E-state index contributed by atoms with van der Waals surface area (Å²) in [6.45, 7) is 0. The summed E-state index contributed by atoms with van der Waals surface area (Å²) in [7, 11) is 0.